The summed E-state index contributed by atoms with van der Waals surface area (Å²) in [5, 5.41) is 10.5. The van der Waals surface area contributed by atoms with Crippen LogP contribution in [-0.2, 0) is 9.84 Å². The lowest BCUT2D eigenvalue weighted by Gasteiger charge is -2.42. The number of H-pyrrole nitrogens is 1. The molecule has 1 fully saturated rings. The van der Waals surface area contributed by atoms with Crippen molar-refractivity contribution in [3.8, 4) is 0 Å². The number of sulfone groups is 1. The smallest absolute Gasteiger partial charge is 0.206 e. The van der Waals surface area contributed by atoms with E-state index in [1.807, 2.05) is 6.07 Å². The highest BCUT2D eigenvalue weighted by atomic mass is 35.5. The Morgan fingerprint density at radius 1 is 1.07 bits per heavy atom. The van der Waals surface area contributed by atoms with Gasteiger partial charge in [0.15, 0.2) is 5.82 Å². The normalized spacial score (nSPS) is 16.5. The first-order valence-corrected chi connectivity index (χ1v) is 10.9. The minimum Gasteiger partial charge on any atom is -0.323 e. The Morgan fingerprint density at radius 2 is 1.79 bits per heavy atom. The van der Waals surface area contributed by atoms with Crippen LogP contribution in [0.5, 0.6) is 0 Å². The van der Waals surface area contributed by atoms with Crippen LogP contribution in [0, 0.1) is 5.41 Å². The average molecular weight is 417 g/mol. The molecule has 2 heterocycles. The minimum atomic E-state index is -3.68. The van der Waals surface area contributed by atoms with Crippen LogP contribution >= 0.6 is 11.6 Å². The zero-order valence-corrected chi connectivity index (χ0v) is 17.2. The molecule has 1 aliphatic carbocycles. The van der Waals surface area contributed by atoms with Crippen LogP contribution < -0.4 is 5.32 Å². The maximum Gasteiger partial charge on any atom is 0.206 e. The maximum atomic E-state index is 12.9. The average Bonchev–Trinajstić information content (AvgIpc) is 3.08. The van der Waals surface area contributed by atoms with E-state index < -0.39 is 9.84 Å². The van der Waals surface area contributed by atoms with Crippen LogP contribution in [0.25, 0.3) is 0 Å². The molecule has 0 atom stereocenters. The second-order valence-corrected chi connectivity index (χ2v) is 10.3. The second kappa shape index (κ2) is 6.90. The number of halogens is 1. The predicted molar refractivity (Wildman–Crippen MR) is 109 cm³/mol. The number of aromatic amines is 1. The second-order valence-electron chi connectivity index (χ2n) is 7.93. The van der Waals surface area contributed by atoms with Crippen molar-refractivity contribution in [1.29, 1.82) is 0 Å². The summed E-state index contributed by atoms with van der Waals surface area (Å²) in [4.78, 5) is 4.47. The van der Waals surface area contributed by atoms with Gasteiger partial charge in [0, 0.05) is 17.7 Å². The molecule has 0 radical (unpaired) electrons. The van der Waals surface area contributed by atoms with Gasteiger partial charge in [-0.2, -0.15) is 5.10 Å². The zero-order chi connectivity index (χ0) is 19.9. The number of rotatable bonds is 5. The Morgan fingerprint density at radius 3 is 2.46 bits per heavy atom. The molecule has 0 amide bonds. The van der Waals surface area contributed by atoms with Gasteiger partial charge in [0.1, 0.15) is 11.0 Å². The Bertz CT molecular complexity index is 1100. The number of anilines is 2. The molecule has 1 aromatic carbocycles. The van der Waals surface area contributed by atoms with E-state index in [1.54, 1.807) is 30.3 Å². The first kappa shape index (κ1) is 19.0. The van der Waals surface area contributed by atoms with Crippen molar-refractivity contribution in [2.24, 2.45) is 5.41 Å². The minimum absolute atomic E-state index is 0.0812. The van der Waals surface area contributed by atoms with E-state index in [1.165, 1.54) is 12.1 Å². The fraction of sp³-hybridized carbons (Fsp3) is 0.300. The largest absolute Gasteiger partial charge is 0.323 e. The number of pyridine rings is 1. The monoisotopic (exact) mass is 416 g/mol. The quantitative estimate of drug-likeness (QED) is 0.575. The third-order valence-electron chi connectivity index (χ3n) is 5.02. The highest BCUT2D eigenvalue weighted by Gasteiger charge is 2.37. The lowest BCUT2D eigenvalue weighted by Crippen LogP contribution is -2.29. The van der Waals surface area contributed by atoms with Crippen molar-refractivity contribution in [3.63, 3.8) is 0 Å². The molecule has 8 heteroatoms. The first-order valence-electron chi connectivity index (χ1n) is 9.03. The van der Waals surface area contributed by atoms with Crippen LogP contribution in [0.2, 0.25) is 5.15 Å². The van der Waals surface area contributed by atoms with E-state index in [4.69, 9.17) is 11.6 Å². The van der Waals surface area contributed by atoms with Crippen molar-refractivity contribution in [2.45, 2.75) is 42.4 Å². The van der Waals surface area contributed by atoms with E-state index in [0.717, 1.165) is 18.5 Å². The van der Waals surface area contributed by atoms with Crippen LogP contribution in [0.4, 0.5) is 11.6 Å². The molecule has 1 aliphatic rings. The molecular weight excluding hydrogens is 396 g/mol. The molecule has 0 unspecified atom stereocenters. The van der Waals surface area contributed by atoms with Crippen LogP contribution in [-0.4, -0.2) is 23.6 Å². The number of hydrogen-bond donors (Lipinski definition) is 2. The van der Waals surface area contributed by atoms with E-state index in [0.29, 0.717) is 23.0 Å². The van der Waals surface area contributed by atoms with E-state index in [2.05, 4.69) is 34.3 Å². The van der Waals surface area contributed by atoms with E-state index in [-0.39, 0.29) is 14.9 Å². The molecule has 1 saturated carbocycles. The molecule has 0 spiro atoms. The summed E-state index contributed by atoms with van der Waals surface area (Å²) in [6, 6.07) is 13.0. The van der Waals surface area contributed by atoms with Gasteiger partial charge in [-0.15, -0.1) is 0 Å². The van der Waals surface area contributed by atoms with Gasteiger partial charge in [0.25, 0.3) is 0 Å². The summed E-state index contributed by atoms with van der Waals surface area (Å²) in [6.45, 7) is 4.51. The molecule has 6 nitrogen and oxygen atoms in total. The molecule has 2 aromatic heterocycles. The third-order valence-corrected chi connectivity index (χ3v) is 6.97. The van der Waals surface area contributed by atoms with Crippen molar-refractivity contribution < 1.29 is 8.42 Å². The summed E-state index contributed by atoms with van der Waals surface area (Å²) in [7, 11) is -3.68. The highest BCUT2D eigenvalue weighted by Crippen LogP contribution is 2.50. The summed E-state index contributed by atoms with van der Waals surface area (Å²) in [6.07, 6.45) is 2.23. The molecule has 0 bridgehead atoms. The van der Waals surface area contributed by atoms with Crippen LogP contribution in [0.15, 0.2) is 58.3 Å². The highest BCUT2D eigenvalue weighted by molar-refractivity contribution is 7.91. The van der Waals surface area contributed by atoms with Crippen molar-refractivity contribution in [3.05, 3.63) is 59.4 Å². The first-order chi connectivity index (χ1) is 13.2. The Kier molecular flexibility index (Phi) is 4.67. The molecule has 0 saturated heterocycles. The number of benzene rings is 1. The summed E-state index contributed by atoms with van der Waals surface area (Å²) >= 11 is 6.08. The summed E-state index contributed by atoms with van der Waals surface area (Å²) in [5.41, 5.74) is 1.44. The van der Waals surface area contributed by atoms with Crippen molar-refractivity contribution >= 4 is 33.1 Å². The molecule has 0 aliphatic heterocycles. The summed E-state index contributed by atoms with van der Waals surface area (Å²) < 4.78 is 25.7. The van der Waals surface area contributed by atoms with Gasteiger partial charge in [0.2, 0.25) is 9.84 Å². The molecule has 4 rings (SSSR count). The maximum absolute atomic E-state index is 12.9. The van der Waals surface area contributed by atoms with Gasteiger partial charge < -0.3 is 5.32 Å². The SMILES string of the molecule is CC1(C)CC(c2cc(Nc3cc(S(=O)(=O)c4ccccc4)cc(Cl)n3)n[nH]2)C1. The van der Waals surface area contributed by atoms with Gasteiger partial charge >= 0.3 is 0 Å². The van der Waals surface area contributed by atoms with Gasteiger partial charge in [-0.3, -0.25) is 5.10 Å². The zero-order valence-electron chi connectivity index (χ0n) is 15.6. The van der Waals surface area contributed by atoms with Gasteiger partial charge in [-0.25, -0.2) is 13.4 Å². The molecule has 2 N–H and O–H groups in total. The van der Waals surface area contributed by atoms with Crippen molar-refractivity contribution in [1.82, 2.24) is 15.2 Å². The number of hydrogen-bond acceptors (Lipinski definition) is 5. The molecule has 146 valence electrons. The van der Waals surface area contributed by atoms with Gasteiger partial charge in [0.05, 0.1) is 9.79 Å². The number of nitrogens with zero attached hydrogens (tertiary/aromatic N) is 2. The Balaban J connectivity index is 1.58. The van der Waals surface area contributed by atoms with Crippen molar-refractivity contribution in [2.75, 3.05) is 5.32 Å². The Hall–Kier alpha value is -2.38. The lowest BCUT2D eigenvalue weighted by atomic mass is 9.63. The van der Waals surface area contributed by atoms with Crippen LogP contribution in [0.3, 0.4) is 0 Å². The van der Waals surface area contributed by atoms with E-state index in [9.17, 15) is 8.42 Å². The summed E-state index contributed by atoms with van der Waals surface area (Å²) in [5.74, 6) is 1.38. The molecular formula is C20H21ClN4O2S. The standard InChI is InChI=1S/C20H21ClN4O2S/c1-20(2)11-13(12-20)16-10-19(25-24-16)23-18-9-15(8-17(21)22-18)28(26,27)14-6-4-3-5-7-14/h3-10,13H,11-12H2,1-2H3,(H2,22,23,24,25). The molecule has 3 aromatic rings. The fourth-order valence-corrected chi connectivity index (χ4v) is 5.26. The topological polar surface area (TPSA) is 87.7 Å². The third kappa shape index (κ3) is 3.77. The number of nitrogens with one attached hydrogen (secondary N) is 2. The van der Waals surface area contributed by atoms with Gasteiger partial charge in [-0.05, 0) is 42.5 Å². The lowest BCUT2D eigenvalue weighted by molar-refractivity contribution is 0.148. The van der Waals surface area contributed by atoms with Crippen LogP contribution in [0.1, 0.15) is 38.3 Å². The van der Waals surface area contributed by atoms with E-state index >= 15 is 0 Å². The van der Waals surface area contributed by atoms with Gasteiger partial charge in [-0.1, -0.05) is 43.6 Å². The fourth-order valence-electron chi connectivity index (χ4n) is 3.66. The molecule has 28 heavy (non-hydrogen) atoms. The predicted octanol–water partition coefficient (Wildman–Crippen LogP) is 4.94. The Labute approximate surface area is 169 Å². The number of aromatic nitrogens is 3.